The molecule has 4 aromatic rings. The van der Waals surface area contributed by atoms with Crippen molar-refractivity contribution in [1.29, 1.82) is 0 Å². The number of carbonyl (C=O) groups is 2. The number of hydrogen-bond donors (Lipinski definition) is 2. The first-order valence-electron chi connectivity index (χ1n) is 9.69. The zero-order valence-corrected chi connectivity index (χ0v) is 17.6. The number of thiophene rings is 1. The highest BCUT2D eigenvalue weighted by atomic mass is 32.1. The van der Waals surface area contributed by atoms with Gasteiger partial charge < -0.3 is 15.0 Å². The molecule has 0 bridgehead atoms. The lowest BCUT2D eigenvalue weighted by molar-refractivity contribution is 0.0696. The normalized spacial score (nSPS) is 10.9. The van der Waals surface area contributed by atoms with Crippen molar-refractivity contribution in [3.63, 3.8) is 0 Å². The molecular formula is C24H20N2O4S. The summed E-state index contributed by atoms with van der Waals surface area (Å²) in [5.74, 6) is -1.20. The van der Waals surface area contributed by atoms with Crippen LogP contribution >= 0.6 is 11.3 Å². The lowest BCUT2D eigenvalue weighted by Crippen LogP contribution is -2.21. The first-order chi connectivity index (χ1) is 14.9. The second kappa shape index (κ2) is 8.57. The Morgan fingerprint density at radius 3 is 2.42 bits per heavy atom. The largest absolute Gasteiger partial charge is 0.478 e. The van der Waals surface area contributed by atoms with Gasteiger partial charge in [0.2, 0.25) is 0 Å². The molecule has 0 aliphatic heterocycles. The maximum absolute atomic E-state index is 13.0. The number of aryl methyl sites for hydroxylation is 1. The van der Waals surface area contributed by atoms with Crippen LogP contribution in [0.2, 0.25) is 0 Å². The quantitative estimate of drug-likeness (QED) is 0.485. The number of nitrogens with one attached hydrogen (secondary N) is 1. The van der Waals surface area contributed by atoms with E-state index in [9.17, 15) is 14.4 Å². The van der Waals surface area contributed by atoms with Crippen molar-refractivity contribution < 1.29 is 14.7 Å². The topological polar surface area (TPSA) is 88.4 Å². The van der Waals surface area contributed by atoms with E-state index in [0.29, 0.717) is 28.8 Å². The van der Waals surface area contributed by atoms with Crippen molar-refractivity contribution in [3.05, 3.63) is 104 Å². The number of carboxylic acids is 1. The van der Waals surface area contributed by atoms with E-state index in [2.05, 4.69) is 5.32 Å². The molecule has 2 aromatic heterocycles. The lowest BCUT2D eigenvalue weighted by atomic mass is 10.0. The zero-order chi connectivity index (χ0) is 22.0. The molecule has 0 saturated heterocycles. The fourth-order valence-electron chi connectivity index (χ4n) is 3.42. The number of carbonyl (C=O) groups excluding carboxylic acids is 1. The summed E-state index contributed by atoms with van der Waals surface area (Å²) in [7, 11) is 1.85. The molecule has 2 heterocycles. The zero-order valence-electron chi connectivity index (χ0n) is 16.8. The van der Waals surface area contributed by atoms with Crippen molar-refractivity contribution >= 4 is 33.4 Å². The number of pyridine rings is 1. The number of nitrogens with zero attached hydrogens (tertiary/aromatic N) is 1. The van der Waals surface area contributed by atoms with Crippen LogP contribution in [0.3, 0.4) is 0 Å². The molecule has 1 amide bonds. The number of rotatable bonds is 6. The molecule has 0 unspecified atom stereocenters. The minimum absolute atomic E-state index is 0.117. The van der Waals surface area contributed by atoms with Crippen molar-refractivity contribution in [2.24, 2.45) is 7.05 Å². The van der Waals surface area contributed by atoms with Crippen LogP contribution in [0.1, 0.15) is 36.7 Å². The monoisotopic (exact) mass is 432 g/mol. The molecule has 0 fully saturated rings. The van der Waals surface area contributed by atoms with Gasteiger partial charge in [-0.2, -0.15) is 0 Å². The average Bonchev–Trinajstić information content (AvgIpc) is 3.23. The number of aromatic nitrogens is 1. The van der Waals surface area contributed by atoms with Gasteiger partial charge in [0.1, 0.15) is 4.83 Å². The Hall–Kier alpha value is -3.71. The van der Waals surface area contributed by atoms with E-state index in [1.165, 1.54) is 23.5 Å². The van der Waals surface area contributed by atoms with Gasteiger partial charge >= 0.3 is 5.97 Å². The third kappa shape index (κ3) is 4.41. The number of carboxylic acid groups (broad SMARTS) is 1. The first-order valence-corrected chi connectivity index (χ1v) is 10.5. The Kier molecular flexibility index (Phi) is 5.68. The van der Waals surface area contributed by atoms with E-state index in [0.717, 1.165) is 16.0 Å². The summed E-state index contributed by atoms with van der Waals surface area (Å²) in [4.78, 5) is 37.9. The fourth-order valence-corrected chi connectivity index (χ4v) is 4.43. The van der Waals surface area contributed by atoms with Gasteiger partial charge in [0.25, 0.3) is 5.91 Å². The van der Waals surface area contributed by atoms with Crippen LogP contribution in [0.25, 0.3) is 10.2 Å². The number of hydrogen-bond acceptors (Lipinski definition) is 4. The molecule has 156 valence electrons. The highest BCUT2D eigenvalue weighted by Gasteiger charge is 2.16. The Balaban J connectivity index is 1.58. The number of benzene rings is 2. The van der Waals surface area contributed by atoms with E-state index in [-0.39, 0.29) is 16.9 Å². The SMILES string of the molecule is Cn1cc(Cc2ccc(C(=O)O)cc2)c(=O)c2cc(C(=O)NCc3ccccc3)sc21. The molecule has 7 heteroatoms. The molecule has 4 rings (SSSR count). The van der Waals surface area contributed by atoms with Crippen LogP contribution in [0, 0.1) is 0 Å². The molecule has 0 aliphatic carbocycles. The van der Waals surface area contributed by atoms with Gasteiger partial charge in [0.15, 0.2) is 5.43 Å². The third-order valence-electron chi connectivity index (χ3n) is 5.03. The van der Waals surface area contributed by atoms with Gasteiger partial charge in [0.05, 0.1) is 15.8 Å². The Morgan fingerprint density at radius 1 is 1.03 bits per heavy atom. The second-order valence-corrected chi connectivity index (χ2v) is 8.30. The summed E-state index contributed by atoms with van der Waals surface area (Å²) < 4.78 is 1.86. The molecule has 31 heavy (non-hydrogen) atoms. The second-order valence-electron chi connectivity index (χ2n) is 7.27. The molecule has 2 aromatic carbocycles. The van der Waals surface area contributed by atoms with Gasteiger partial charge in [-0.15, -0.1) is 11.3 Å². The van der Waals surface area contributed by atoms with Crippen LogP contribution in [0.5, 0.6) is 0 Å². The van der Waals surface area contributed by atoms with E-state index >= 15 is 0 Å². The minimum atomic E-state index is -0.986. The van der Waals surface area contributed by atoms with Gasteiger partial charge in [0, 0.05) is 31.8 Å². The lowest BCUT2D eigenvalue weighted by Gasteiger charge is -2.06. The van der Waals surface area contributed by atoms with Crippen LogP contribution < -0.4 is 10.7 Å². The summed E-state index contributed by atoms with van der Waals surface area (Å²) in [6.45, 7) is 0.419. The maximum Gasteiger partial charge on any atom is 0.335 e. The van der Waals surface area contributed by atoms with E-state index < -0.39 is 5.97 Å². The Morgan fingerprint density at radius 2 is 1.74 bits per heavy atom. The number of amides is 1. The summed E-state index contributed by atoms with van der Waals surface area (Å²) in [6, 6.07) is 17.8. The molecule has 2 N–H and O–H groups in total. The van der Waals surface area contributed by atoms with Crippen molar-refractivity contribution in [2.45, 2.75) is 13.0 Å². The summed E-state index contributed by atoms with van der Waals surface area (Å²) >= 11 is 1.29. The van der Waals surface area contributed by atoms with E-state index in [4.69, 9.17) is 5.11 Å². The highest BCUT2D eigenvalue weighted by molar-refractivity contribution is 7.20. The molecule has 6 nitrogen and oxygen atoms in total. The van der Waals surface area contributed by atoms with Crippen LogP contribution in [-0.4, -0.2) is 21.6 Å². The standard InChI is InChI=1S/C24H20N2O4S/c1-26-14-18(11-15-7-9-17(10-8-15)24(29)30)21(27)19-12-20(31-23(19)26)22(28)25-13-16-5-3-2-4-6-16/h2-10,12,14H,11,13H2,1H3,(H,25,28)(H,29,30). The van der Waals surface area contributed by atoms with Crippen molar-refractivity contribution in [3.8, 4) is 0 Å². The summed E-state index contributed by atoms with van der Waals surface area (Å²) in [6.07, 6.45) is 2.16. The highest BCUT2D eigenvalue weighted by Crippen LogP contribution is 2.24. The Labute approximate surface area is 182 Å². The predicted octanol–water partition coefficient (Wildman–Crippen LogP) is 3.82. The van der Waals surface area contributed by atoms with Gasteiger partial charge in [-0.05, 0) is 29.3 Å². The molecule has 0 atom stereocenters. The summed E-state index contributed by atoms with van der Waals surface area (Å²) in [5, 5.41) is 12.4. The van der Waals surface area contributed by atoms with Crippen LogP contribution in [0.4, 0.5) is 0 Å². The van der Waals surface area contributed by atoms with Crippen LogP contribution in [-0.2, 0) is 20.0 Å². The Bertz CT molecular complexity index is 1320. The third-order valence-corrected chi connectivity index (χ3v) is 6.26. The smallest absolute Gasteiger partial charge is 0.335 e. The minimum Gasteiger partial charge on any atom is -0.478 e. The van der Waals surface area contributed by atoms with Crippen molar-refractivity contribution in [1.82, 2.24) is 9.88 Å². The van der Waals surface area contributed by atoms with E-state index in [1.807, 2.05) is 41.9 Å². The summed E-state index contributed by atoms with van der Waals surface area (Å²) in [5.41, 5.74) is 2.53. The van der Waals surface area contributed by atoms with Gasteiger partial charge in [-0.3, -0.25) is 9.59 Å². The fraction of sp³-hybridized carbons (Fsp3) is 0.125. The predicted molar refractivity (Wildman–Crippen MR) is 121 cm³/mol. The first kappa shape index (κ1) is 20.6. The van der Waals surface area contributed by atoms with Gasteiger partial charge in [-0.25, -0.2) is 4.79 Å². The van der Waals surface area contributed by atoms with Crippen molar-refractivity contribution in [2.75, 3.05) is 0 Å². The average molecular weight is 433 g/mol. The van der Waals surface area contributed by atoms with Crippen LogP contribution in [0.15, 0.2) is 71.7 Å². The maximum atomic E-state index is 13.0. The molecule has 0 aliphatic rings. The molecule has 0 spiro atoms. The molecule has 0 saturated carbocycles. The van der Waals surface area contributed by atoms with E-state index in [1.54, 1.807) is 24.4 Å². The number of fused-ring (bicyclic) bond motifs is 1. The van der Waals surface area contributed by atoms with Gasteiger partial charge in [-0.1, -0.05) is 42.5 Å². The number of aromatic carboxylic acids is 1. The molecular weight excluding hydrogens is 412 g/mol. The molecule has 0 radical (unpaired) electrons.